The van der Waals surface area contributed by atoms with Crippen molar-refractivity contribution in [3.05, 3.63) is 0 Å². The van der Waals surface area contributed by atoms with Crippen molar-refractivity contribution in [3.8, 4) is 0 Å². The second-order valence-electron chi connectivity index (χ2n) is 5.38. The fraction of sp³-hybridized carbons (Fsp3) is 0.929. The third kappa shape index (κ3) is 4.66. The van der Waals surface area contributed by atoms with E-state index in [1.54, 1.807) is 0 Å². The van der Waals surface area contributed by atoms with Gasteiger partial charge in [0.1, 0.15) is 0 Å². The Kier molecular flexibility index (Phi) is 6.56. The summed E-state index contributed by atoms with van der Waals surface area (Å²) in [7, 11) is 0. The zero-order valence-electron chi connectivity index (χ0n) is 11.7. The minimum Gasteiger partial charge on any atom is -0.340 e. The summed E-state index contributed by atoms with van der Waals surface area (Å²) < 4.78 is 0. The molecule has 1 amide bonds. The summed E-state index contributed by atoms with van der Waals surface area (Å²) in [5.74, 6) is 0.580. The molecule has 1 rings (SSSR count). The van der Waals surface area contributed by atoms with Gasteiger partial charge in [0.25, 0.3) is 0 Å². The highest BCUT2D eigenvalue weighted by molar-refractivity contribution is 5.79. The van der Waals surface area contributed by atoms with Crippen LogP contribution in [0.1, 0.15) is 52.9 Å². The summed E-state index contributed by atoms with van der Waals surface area (Å²) in [6.45, 7) is 9.32. The van der Waals surface area contributed by atoms with Gasteiger partial charge in [-0.1, -0.05) is 19.8 Å². The summed E-state index contributed by atoms with van der Waals surface area (Å²) in [5, 5.41) is 3.33. The molecule has 1 aliphatic heterocycles. The number of nitrogens with zero attached hydrogens (tertiary/aromatic N) is 1. The van der Waals surface area contributed by atoms with E-state index < -0.39 is 0 Å². The lowest BCUT2D eigenvalue weighted by atomic mass is 9.97. The van der Waals surface area contributed by atoms with Crippen LogP contribution in [0.15, 0.2) is 0 Å². The number of hydrogen-bond acceptors (Lipinski definition) is 2. The quantitative estimate of drug-likeness (QED) is 0.723. The van der Waals surface area contributed by atoms with Crippen molar-refractivity contribution in [2.24, 2.45) is 5.92 Å². The molecule has 0 spiro atoms. The van der Waals surface area contributed by atoms with Gasteiger partial charge in [0.15, 0.2) is 0 Å². The highest BCUT2D eigenvalue weighted by Crippen LogP contribution is 2.16. The smallest absolute Gasteiger partial charge is 0.227 e. The summed E-state index contributed by atoms with van der Waals surface area (Å²) in [4.78, 5) is 14.5. The predicted molar refractivity (Wildman–Crippen MR) is 72.0 cm³/mol. The third-order valence-electron chi connectivity index (χ3n) is 3.56. The molecule has 0 bridgehead atoms. The van der Waals surface area contributed by atoms with E-state index in [0.717, 1.165) is 38.9 Å². The maximum Gasteiger partial charge on any atom is 0.227 e. The number of piperidine rings is 1. The minimum absolute atomic E-state index is 0.216. The van der Waals surface area contributed by atoms with Crippen molar-refractivity contribution in [1.29, 1.82) is 0 Å². The van der Waals surface area contributed by atoms with Gasteiger partial charge in [0.05, 0.1) is 5.92 Å². The normalized spacial score (nSPS) is 20.6. The van der Waals surface area contributed by atoms with Gasteiger partial charge in [-0.25, -0.2) is 0 Å². The minimum atomic E-state index is 0.216. The Balaban J connectivity index is 2.46. The molecule has 1 fully saturated rings. The van der Waals surface area contributed by atoms with Crippen LogP contribution < -0.4 is 5.32 Å². The average Bonchev–Trinajstić information content (AvgIpc) is 2.34. The van der Waals surface area contributed by atoms with Gasteiger partial charge in [-0.3, -0.25) is 4.79 Å². The highest BCUT2D eigenvalue weighted by Gasteiger charge is 2.26. The number of rotatable bonds is 6. The van der Waals surface area contributed by atoms with E-state index in [4.69, 9.17) is 0 Å². The van der Waals surface area contributed by atoms with Gasteiger partial charge in [0, 0.05) is 19.1 Å². The van der Waals surface area contributed by atoms with Crippen molar-refractivity contribution < 1.29 is 4.79 Å². The van der Waals surface area contributed by atoms with Crippen LogP contribution in [0.25, 0.3) is 0 Å². The third-order valence-corrected chi connectivity index (χ3v) is 3.56. The molecular weight excluding hydrogens is 212 g/mol. The van der Waals surface area contributed by atoms with Crippen molar-refractivity contribution in [2.45, 2.75) is 58.9 Å². The number of unbranched alkanes of at least 4 members (excludes halogenated alkanes) is 2. The molecule has 17 heavy (non-hydrogen) atoms. The van der Waals surface area contributed by atoms with Crippen LogP contribution in [0, 0.1) is 5.92 Å². The Morgan fingerprint density at radius 2 is 2.18 bits per heavy atom. The van der Waals surface area contributed by atoms with Crippen molar-refractivity contribution >= 4 is 5.91 Å². The molecule has 0 aromatic rings. The Bertz CT molecular complexity index is 222. The molecule has 0 saturated carbocycles. The van der Waals surface area contributed by atoms with Gasteiger partial charge in [-0.15, -0.1) is 0 Å². The summed E-state index contributed by atoms with van der Waals surface area (Å²) in [6, 6.07) is 0.335. The monoisotopic (exact) mass is 240 g/mol. The maximum atomic E-state index is 12.4. The molecule has 0 radical (unpaired) electrons. The Hall–Kier alpha value is -0.570. The van der Waals surface area contributed by atoms with Crippen LogP contribution in [-0.2, 0) is 4.79 Å². The van der Waals surface area contributed by atoms with E-state index in [-0.39, 0.29) is 5.92 Å². The van der Waals surface area contributed by atoms with Crippen LogP contribution in [0.4, 0.5) is 0 Å². The molecule has 3 heteroatoms. The fourth-order valence-electron chi connectivity index (χ4n) is 2.45. The van der Waals surface area contributed by atoms with E-state index in [1.165, 1.54) is 12.8 Å². The first-order valence-corrected chi connectivity index (χ1v) is 7.18. The topological polar surface area (TPSA) is 32.3 Å². The van der Waals surface area contributed by atoms with E-state index in [9.17, 15) is 4.79 Å². The zero-order valence-corrected chi connectivity index (χ0v) is 11.7. The van der Waals surface area contributed by atoms with Gasteiger partial charge < -0.3 is 10.2 Å². The van der Waals surface area contributed by atoms with Crippen LogP contribution in [0.2, 0.25) is 0 Å². The molecule has 1 aliphatic rings. The average molecular weight is 240 g/mol. The lowest BCUT2D eigenvalue weighted by Crippen LogP contribution is -2.46. The first-order chi connectivity index (χ1) is 8.16. The number of hydrogen-bond donors (Lipinski definition) is 1. The fourth-order valence-corrected chi connectivity index (χ4v) is 2.45. The molecule has 0 unspecified atom stereocenters. The van der Waals surface area contributed by atoms with E-state index in [1.807, 2.05) is 0 Å². The number of amides is 1. The van der Waals surface area contributed by atoms with Gasteiger partial charge in [-0.2, -0.15) is 0 Å². The van der Waals surface area contributed by atoms with Gasteiger partial charge in [-0.05, 0) is 39.7 Å². The second-order valence-corrected chi connectivity index (χ2v) is 5.38. The first-order valence-electron chi connectivity index (χ1n) is 7.18. The molecule has 1 heterocycles. The first kappa shape index (κ1) is 14.5. The lowest BCUT2D eigenvalue weighted by molar-refractivity contribution is -0.137. The number of nitrogens with one attached hydrogen (secondary N) is 1. The van der Waals surface area contributed by atoms with Gasteiger partial charge in [0.2, 0.25) is 5.91 Å². The zero-order chi connectivity index (χ0) is 12.7. The van der Waals surface area contributed by atoms with Crippen LogP contribution in [0.5, 0.6) is 0 Å². The number of carbonyl (C=O) groups is 1. The van der Waals surface area contributed by atoms with E-state index in [0.29, 0.717) is 11.9 Å². The SMILES string of the molecule is CCCCCN(C(=O)[C@@H]1CCCNC1)C(C)C. The summed E-state index contributed by atoms with van der Waals surface area (Å²) in [6.07, 6.45) is 5.77. The number of carbonyl (C=O) groups excluding carboxylic acids is 1. The van der Waals surface area contributed by atoms with Crippen molar-refractivity contribution in [1.82, 2.24) is 10.2 Å². The Labute approximate surface area is 106 Å². The lowest BCUT2D eigenvalue weighted by Gasteiger charge is -2.32. The molecule has 0 aromatic heterocycles. The molecule has 0 aromatic carbocycles. The van der Waals surface area contributed by atoms with Crippen molar-refractivity contribution in [2.75, 3.05) is 19.6 Å². The molecule has 1 saturated heterocycles. The standard InChI is InChI=1S/C14H28N2O/c1-4-5-6-10-16(12(2)3)14(17)13-8-7-9-15-11-13/h12-13,15H,4-11H2,1-3H3/t13-/m1/s1. The Morgan fingerprint density at radius 1 is 1.41 bits per heavy atom. The molecular formula is C14H28N2O. The largest absolute Gasteiger partial charge is 0.340 e. The molecule has 3 nitrogen and oxygen atoms in total. The van der Waals surface area contributed by atoms with Gasteiger partial charge >= 0.3 is 0 Å². The van der Waals surface area contributed by atoms with Crippen molar-refractivity contribution in [3.63, 3.8) is 0 Å². The maximum absolute atomic E-state index is 12.4. The van der Waals surface area contributed by atoms with E-state index in [2.05, 4.69) is 31.0 Å². The molecule has 100 valence electrons. The molecule has 1 atom stereocenters. The van der Waals surface area contributed by atoms with Crippen LogP contribution >= 0.6 is 0 Å². The van der Waals surface area contributed by atoms with E-state index >= 15 is 0 Å². The predicted octanol–water partition coefficient (Wildman–Crippen LogP) is 2.41. The summed E-state index contributed by atoms with van der Waals surface area (Å²) >= 11 is 0. The van der Waals surface area contributed by atoms with Crippen LogP contribution in [-0.4, -0.2) is 36.5 Å². The Morgan fingerprint density at radius 3 is 2.71 bits per heavy atom. The summed E-state index contributed by atoms with van der Waals surface area (Å²) in [5.41, 5.74) is 0. The van der Waals surface area contributed by atoms with Crippen LogP contribution in [0.3, 0.4) is 0 Å². The molecule has 0 aliphatic carbocycles. The second kappa shape index (κ2) is 7.70. The highest BCUT2D eigenvalue weighted by atomic mass is 16.2. The molecule has 1 N–H and O–H groups in total.